The molecule has 0 radical (unpaired) electrons. The molecule has 62 heavy (non-hydrogen) atoms. The number of benzene rings is 2. The van der Waals surface area contributed by atoms with Crippen molar-refractivity contribution < 1.29 is 33.8 Å². The molecule has 5 heterocycles. The molecule has 4 amide bonds. The lowest BCUT2D eigenvalue weighted by Crippen LogP contribution is -2.55. The van der Waals surface area contributed by atoms with Crippen LogP contribution in [0, 0.1) is 5.92 Å². The Labute approximate surface area is 360 Å². The number of imidazole rings is 2. The third-order valence-electron chi connectivity index (χ3n) is 11.6. The van der Waals surface area contributed by atoms with Crippen LogP contribution in [0.25, 0.3) is 44.8 Å². The number of methoxy groups -OCH3 is 1. The molecule has 5 atom stereocenters. The number of carbonyl (C=O) groups is 4. The Morgan fingerprint density at radius 3 is 1.94 bits per heavy atom. The first-order valence-electron chi connectivity index (χ1n) is 21.1. The Bertz CT molecular complexity index is 2420. The van der Waals surface area contributed by atoms with Gasteiger partial charge in [-0.1, -0.05) is 44.2 Å². The van der Waals surface area contributed by atoms with Crippen LogP contribution in [0.2, 0.25) is 0 Å². The van der Waals surface area contributed by atoms with Crippen LogP contribution in [0.4, 0.5) is 9.59 Å². The second-order valence-electron chi connectivity index (χ2n) is 17.4. The van der Waals surface area contributed by atoms with Crippen molar-refractivity contribution in [3.05, 3.63) is 72.7 Å². The average Bonchev–Trinajstić information content (AvgIpc) is 4.08. The minimum Gasteiger partial charge on any atom is -0.465 e. The highest BCUT2D eigenvalue weighted by atomic mass is 16.5. The lowest BCUT2D eigenvalue weighted by atomic mass is 10.0. The predicted octanol–water partition coefficient (Wildman–Crippen LogP) is 6.97. The van der Waals surface area contributed by atoms with Gasteiger partial charge >= 0.3 is 12.2 Å². The van der Waals surface area contributed by atoms with E-state index < -0.39 is 36.0 Å². The number of likely N-dealkylation sites (tertiary alicyclic amines) is 2. The van der Waals surface area contributed by atoms with E-state index in [1.165, 1.54) is 14.2 Å². The summed E-state index contributed by atoms with van der Waals surface area (Å²) in [6.07, 6.45) is 5.85. The quantitative estimate of drug-likeness (QED) is 0.101. The van der Waals surface area contributed by atoms with Crippen molar-refractivity contribution in [1.82, 2.24) is 49.9 Å². The van der Waals surface area contributed by atoms with Crippen molar-refractivity contribution in [3.8, 4) is 33.8 Å². The van der Waals surface area contributed by atoms with Crippen LogP contribution in [0.5, 0.6) is 0 Å². The second-order valence-corrected chi connectivity index (χ2v) is 17.4. The van der Waals surface area contributed by atoms with Gasteiger partial charge in [0.25, 0.3) is 0 Å². The van der Waals surface area contributed by atoms with E-state index in [1.54, 1.807) is 35.3 Å². The predicted molar refractivity (Wildman–Crippen MR) is 232 cm³/mol. The van der Waals surface area contributed by atoms with E-state index in [2.05, 4.69) is 20.3 Å². The van der Waals surface area contributed by atoms with Gasteiger partial charge in [0.1, 0.15) is 23.7 Å². The number of amides is 4. The summed E-state index contributed by atoms with van der Waals surface area (Å²) in [7, 11) is 2.70. The zero-order valence-electron chi connectivity index (χ0n) is 36.5. The summed E-state index contributed by atoms with van der Waals surface area (Å²) in [5.74, 6) is 0.667. The zero-order valence-corrected chi connectivity index (χ0v) is 36.5. The fraction of sp³-hybridized carbons (Fsp3) is 0.467. The summed E-state index contributed by atoms with van der Waals surface area (Å²) in [5, 5.41) is 12.3. The molecule has 2 aliphatic heterocycles. The monoisotopic (exact) mass is 848 g/mol. The fourth-order valence-electron chi connectivity index (χ4n) is 8.63. The fourth-order valence-corrected chi connectivity index (χ4v) is 8.63. The van der Waals surface area contributed by atoms with Crippen LogP contribution in [0.15, 0.2) is 61.1 Å². The van der Waals surface area contributed by atoms with Crippen LogP contribution in [0.3, 0.4) is 0 Å². The first kappa shape index (κ1) is 43.7. The molecule has 7 rings (SSSR count). The standard InChI is InChI=1S/C45H56N10O7/c1-25(2)38(53(7)44(59)60)42(57)55-20-10-12-36(55)40-47-23-33(50-40)28-15-13-27(14-16-28)32-22-46-31-21-29(17-18-30(31)49-32)34-24-48-39(51-34)35-11-9-19-54(35)41(56)37(52-43(58)61-8)26(3)62-45(4,5)6/h13-18,21-26,35-38H,9-12,19-20H2,1-8H3,(H,47,50)(H,48,51)(H,52,58)(H,59,60)/t26-,35+,36+,37+,38+/m1/s1. The minimum absolute atomic E-state index is 0.185. The van der Waals surface area contributed by atoms with Crippen LogP contribution < -0.4 is 5.32 Å². The molecule has 2 aromatic carbocycles. The molecule has 0 aliphatic carbocycles. The van der Waals surface area contributed by atoms with Gasteiger partial charge in [-0.2, -0.15) is 0 Å². The van der Waals surface area contributed by atoms with E-state index in [-0.39, 0.29) is 29.8 Å². The number of nitrogens with zero attached hydrogens (tertiary/aromatic N) is 7. The number of rotatable bonds is 12. The van der Waals surface area contributed by atoms with Crippen LogP contribution >= 0.6 is 0 Å². The number of ether oxygens (including phenoxy) is 2. The number of nitrogens with one attached hydrogen (secondary N) is 3. The van der Waals surface area contributed by atoms with E-state index in [4.69, 9.17) is 24.4 Å². The van der Waals surface area contributed by atoms with Crippen LogP contribution in [-0.2, 0) is 19.1 Å². The van der Waals surface area contributed by atoms with Crippen molar-refractivity contribution in [1.29, 1.82) is 0 Å². The van der Waals surface area contributed by atoms with Gasteiger partial charge in [-0.05, 0) is 77.0 Å². The summed E-state index contributed by atoms with van der Waals surface area (Å²) in [4.78, 5) is 82.1. The van der Waals surface area contributed by atoms with Gasteiger partial charge in [0.05, 0.1) is 77.6 Å². The number of fused-ring (bicyclic) bond motifs is 1. The highest BCUT2D eigenvalue weighted by molar-refractivity contribution is 5.87. The van der Waals surface area contributed by atoms with Crippen molar-refractivity contribution in [3.63, 3.8) is 0 Å². The SMILES string of the molecule is COC(=O)N[C@H](C(=O)N1CCC[C@H]1c1ncc(-c2ccc3nc(-c4ccc(-c5cnc([C@@H]6CCCN6C(=O)[C@H](C(C)C)N(C)C(=O)O)[nH]5)cc4)cnc3c2)[nH]1)[C@@H](C)OC(C)(C)C. The highest BCUT2D eigenvalue weighted by Gasteiger charge is 2.41. The molecule has 3 aromatic heterocycles. The van der Waals surface area contributed by atoms with Gasteiger partial charge in [-0.25, -0.2) is 24.5 Å². The Kier molecular flexibility index (Phi) is 12.6. The smallest absolute Gasteiger partial charge is 0.407 e. The molecule has 328 valence electrons. The molecule has 2 fully saturated rings. The van der Waals surface area contributed by atoms with Crippen LogP contribution in [0.1, 0.15) is 91.0 Å². The molecule has 17 nitrogen and oxygen atoms in total. The Balaban J connectivity index is 1.03. The number of hydrogen-bond donors (Lipinski definition) is 4. The summed E-state index contributed by atoms with van der Waals surface area (Å²) >= 11 is 0. The zero-order chi connectivity index (χ0) is 44.5. The summed E-state index contributed by atoms with van der Waals surface area (Å²) in [5.41, 5.74) is 5.86. The number of carboxylic acid groups (broad SMARTS) is 1. The molecule has 4 N–H and O–H groups in total. The normalized spacial score (nSPS) is 18.2. The number of likely N-dealkylation sites (N-methyl/N-ethyl adjacent to an activating group) is 1. The van der Waals surface area contributed by atoms with Gasteiger partial charge < -0.3 is 39.7 Å². The lowest BCUT2D eigenvalue weighted by molar-refractivity contribution is -0.142. The van der Waals surface area contributed by atoms with Crippen molar-refractivity contribution in [2.24, 2.45) is 5.92 Å². The molecule has 5 aromatic rings. The van der Waals surface area contributed by atoms with E-state index in [0.29, 0.717) is 42.4 Å². The molecule has 0 saturated carbocycles. The number of aromatic amines is 2. The number of aromatic nitrogens is 6. The molecule has 2 aliphatic rings. The first-order chi connectivity index (χ1) is 29.5. The average molecular weight is 849 g/mol. The Morgan fingerprint density at radius 2 is 1.37 bits per heavy atom. The van der Waals surface area contributed by atoms with Gasteiger partial charge in [0.15, 0.2) is 0 Å². The second kappa shape index (κ2) is 17.9. The molecular formula is C45H56N10O7. The summed E-state index contributed by atoms with van der Waals surface area (Å²) < 4.78 is 10.9. The Hall–Kier alpha value is -6.36. The van der Waals surface area contributed by atoms with Gasteiger partial charge in [0.2, 0.25) is 11.8 Å². The largest absolute Gasteiger partial charge is 0.465 e. The van der Waals surface area contributed by atoms with E-state index >= 15 is 0 Å². The molecular weight excluding hydrogens is 793 g/mol. The van der Waals surface area contributed by atoms with E-state index in [9.17, 15) is 24.3 Å². The third kappa shape index (κ3) is 9.27. The first-order valence-corrected chi connectivity index (χ1v) is 21.1. The van der Waals surface area contributed by atoms with Crippen LogP contribution in [-0.4, -0.2) is 125 Å². The van der Waals surface area contributed by atoms with E-state index in [1.807, 2.05) is 77.1 Å². The molecule has 0 unspecified atom stereocenters. The van der Waals surface area contributed by atoms with Gasteiger partial charge in [-0.15, -0.1) is 0 Å². The molecule has 0 spiro atoms. The van der Waals surface area contributed by atoms with Gasteiger partial charge in [0, 0.05) is 31.3 Å². The highest BCUT2D eigenvalue weighted by Crippen LogP contribution is 2.35. The lowest BCUT2D eigenvalue weighted by Gasteiger charge is -2.34. The molecule has 0 bridgehead atoms. The Morgan fingerprint density at radius 1 is 0.806 bits per heavy atom. The topological polar surface area (TPSA) is 212 Å². The maximum absolute atomic E-state index is 14.0. The molecule has 2 saturated heterocycles. The minimum atomic E-state index is -1.13. The van der Waals surface area contributed by atoms with Crippen molar-refractivity contribution in [2.45, 2.75) is 103 Å². The summed E-state index contributed by atoms with van der Waals surface area (Å²) in [6.45, 7) is 12.2. The van der Waals surface area contributed by atoms with Crippen molar-refractivity contribution in [2.75, 3.05) is 27.2 Å². The van der Waals surface area contributed by atoms with Gasteiger partial charge in [-0.3, -0.25) is 19.5 Å². The number of H-pyrrole nitrogens is 2. The number of hydrogen-bond acceptors (Lipinski definition) is 10. The maximum Gasteiger partial charge on any atom is 0.407 e. The van der Waals surface area contributed by atoms with Crippen molar-refractivity contribution >= 4 is 35.0 Å². The third-order valence-corrected chi connectivity index (χ3v) is 11.6. The number of alkyl carbamates (subject to hydrolysis) is 1. The summed E-state index contributed by atoms with van der Waals surface area (Å²) in [6, 6.07) is 11.5. The maximum atomic E-state index is 14.0. The van der Waals surface area contributed by atoms with E-state index in [0.717, 1.165) is 57.8 Å². The number of carbonyl (C=O) groups excluding carboxylic acids is 3. The molecule has 17 heteroatoms.